The Hall–Kier alpha value is -2.29. The van der Waals surface area contributed by atoms with Crippen molar-refractivity contribution in [3.63, 3.8) is 0 Å². The fraction of sp³-hybridized carbons (Fsp3) is 0.350. The second-order valence-electron chi connectivity index (χ2n) is 6.50. The first kappa shape index (κ1) is 14.3. The second kappa shape index (κ2) is 6.07. The van der Waals surface area contributed by atoms with E-state index in [0.717, 1.165) is 51.0 Å². The Morgan fingerprint density at radius 1 is 0.913 bits per heavy atom. The van der Waals surface area contributed by atoms with Crippen molar-refractivity contribution in [3.8, 4) is 0 Å². The van der Waals surface area contributed by atoms with E-state index in [4.69, 9.17) is 0 Å². The van der Waals surface area contributed by atoms with Crippen molar-refractivity contribution >= 4 is 11.6 Å². The SMILES string of the molecule is O=C(c1ccc(CN2CCc3ccccc32)cc1)N1CCCC1. The van der Waals surface area contributed by atoms with Crippen molar-refractivity contribution < 1.29 is 4.79 Å². The molecule has 3 nitrogen and oxygen atoms in total. The quantitative estimate of drug-likeness (QED) is 0.866. The minimum absolute atomic E-state index is 0.181. The summed E-state index contributed by atoms with van der Waals surface area (Å²) in [5.74, 6) is 0.181. The Bertz CT molecular complexity index is 702. The first-order chi connectivity index (χ1) is 11.3. The summed E-state index contributed by atoms with van der Waals surface area (Å²) < 4.78 is 0. The van der Waals surface area contributed by atoms with Crippen LogP contribution in [0.1, 0.15) is 34.3 Å². The zero-order valence-corrected chi connectivity index (χ0v) is 13.4. The van der Waals surface area contributed by atoms with E-state index in [1.54, 1.807) is 0 Å². The molecule has 0 unspecified atom stereocenters. The van der Waals surface area contributed by atoms with E-state index in [-0.39, 0.29) is 5.91 Å². The molecule has 2 aliphatic heterocycles. The maximum absolute atomic E-state index is 12.4. The molecule has 2 heterocycles. The second-order valence-corrected chi connectivity index (χ2v) is 6.50. The van der Waals surface area contributed by atoms with Crippen LogP contribution in [0.4, 0.5) is 5.69 Å². The lowest BCUT2D eigenvalue weighted by Gasteiger charge is -2.20. The Labute approximate surface area is 137 Å². The smallest absolute Gasteiger partial charge is 0.253 e. The van der Waals surface area contributed by atoms with Gasteiger partial charge in [-0.15, -0.1) is 0 Å². The fourth-order valence-corrected chi connectivity index (χ4v) is 3.65. The summed E-state index contributed by atoms with van der Waals surface area (Å²) in [4.78, 5) is 16.8. The lowest BCUT2D eigenvalue weighted by Crippen LogP contribution is -2.27. The van der Waals surface area contributed by atoms with E-state index in [2.05, 4.69) is 41.3 Å². The average molecular weight is 306 g/mol. The highest BCUT2D eigenvalue weighted by atomic mass is 16.2. The van der Waals surface area contributed by atoms with E-state index >= 15 is 0 Å². The molecule has 23 heavy (non-hydrogen) atoms. The van der Waals surface area contributed by atoms with Gasteiger partial charge in [-0.2, -0.15) is 0 Å². The number of para-hydroxylation sites is 1. The van der Waals surface area contributed by atoms with Crippen molar-refractivity contribution in [3.05, 3.63) is 65.2 Å². The number of carbonyl (C=O) groups excluding carboxylic acids is 1. The maximum Gasteiger partial charge on any atom is 0.253 e. The zero-order valence-electron chi connectivity index (χ0n) is 13.4. The van der Waals surface area contributed by atoms with Gasteiger partial charge in [0, 0.05) is 37.4 Å². The minimum Gasteiger partial charge on any atom is -0.367 e. The molecular formula is C20H22N2O. The first-order valence-corrected chi connectivity index (χ1v) is 8.52. The first-order valence-electron chi connectivity index (χ1n) is 8.52. The van der Waals surface area contributed by atoms with Crippen LogP contribution in [-0.4, -0.2) is 30.4 Å². The molecule has 0 aromatic heterocycles. The van der Waals surface area contributed by atoms with Crippen molar-refractivity contribution in [2.75, 3.05) is 24.5 Å². The van der Waals surface area contributed by atoms with Gasteiger partial charge >= 0.3 is 0 Å². The number of rotatable bonds is 3. The molecule has 2 aliphatic rings. The lowest BCUT2D eigenvalue weighted by molar-refractivity contribution is 0.0793. The van der Waals surface area contributed by atoms with Crippen molar-refractivity contribution in [1.82, 2.24) is 4.90 Å². The van der Waals surface area contributed by atoms with E-state index in [9.17, 15) is 4.79 Å². The van der Waals surface area contributed by atoms with E-state index in [1.807, 2.05) is 17.0 Å². The van der Waals surface area contributed by atoms with Gasteiger partial charge in [0.25, 0.3) is 5.91 Å². The van der Waals surface area contributed by atoms with Crippen LogP contribution in [0.25, 0.3) is 0 Å². The molecule has 2 aromatic rings. The van der Waals surface area contributed by atoms with Crippen LogP contribution in [0.15, 0.2) is 48.5 Å². The maximum atomic E-state index is 12.4. The highest BCUT2D eigenvalue weighted by Crippen LogP contribution is 2.28. The molecule has 1 saturated heterocycles. The van der Waals surface area contributed by atoms with Crippen LogP contribution < -0.4 is 4.90 Å². The number of hydrogen-bond donors (Lipinski definition) is 0. The standard InChI is InChI=1S/C20H22N2O/c23-20(21-12-3-4-13-21)18-9-7-16(8-10-18)15-22-14-11-17-5-1-2-6-19(17)22/h1-2,5-10H,3-4,11-15H2. The highest BCUT2D eigenvalue weighted by molar-refractivity contribution is 5.94. The van der Waals surface area contributed by atoms with Gasteiger partial charge in [0.15, 0.2) is 0 Å². The van der Waals surface area contributed by atoms with Gasteiger partial charge in [0.05, 0.1) is 0 Å². The van der Waals surface area contributed by atoms with Crippen LogP contribution >= 0.6 is 0 Å². The normalized spacial score (nSPS) is 16.7. The third-order valence-corrected chi connectivity index (χ3v) is 4.95. The highest BCUT2D eigenvalue weighted by Gasteiger charge is 2.20. The Morgan fingerprint density at radius 2 is 1.65 bits per heavy atom. The minimum atomic E-state index is 0.181. The molecule has 0 N–H and O–H groups in total. The zero-order chi connectivity index (χ0) is 15.6. The van der Waals surface area contributed by atoms with E-state index in [1.165, 1.54) is 16.8 Å². The largest absolute Gasteiger partial charge is 0.367 e. The van der Waals surface area contributed by atoms with Gasteiger partial charge in [0.1, 0.15) is 0 Å². The lowest BCUT2D eigenvalue weighted by atomic mass is 10.1. The number of hydrogen-bond acceptors (Lipinski definition) is 2. The molecule has 0 spiro atoms. The average Bonchev–Trinajstić information content (AvgIpc) is 3.25. The van der Waals surface area contributed by atoms with Crippen molar-refractivity contribution in [2.24, 2.45) is 0 Å². The number of fused-ring (bicyclic) bond motifs is 1. The molecule has 2 aromatic carbocycles. The molecule has 0 aliphatic carbocycles. The summed E-state index contributed by atoms with van der Waals surface area (Å²) in [7, 11) is 0. The monoisotopic (exact) mass is 306 g/mol. The molecule has 1 amide bonds. The molecule has 0 atom stereocenters. The third-order valence-electron chi connectivity index (χ3n) is 4.95. The van der Waals surface area contributed by atoms with Gasteiger partial charge < -0.3 is 9.80 Å². The Kier molecular flexibility index (Phi) is 3.78. The predicted molar refractivity (Wildman–Crippen MR) is 92.8 cm³/mol. The topological polar surface area (TPSA) is 23.6 Å². The van der Waals surface area contributed by atoms with Crippen LogP contribution in [0.5, 0.6) is 0 Å². The predicted octanol–water partition coefficient (Wildman–Crippen LogP) is 3.49. The molecule has 0 radical (unpaired) electrons. The van der Waals surface area contributed by atoms with Crippen LogP contribution in [0, 0.1) is 0 Å². The van der Waals surface area contributed by atoms with Crippen LogP contribution in [0.2, 0.25) is 0 Å². The molecular weight excluding hydrogens is 284 g/mol. The fourth-order valence-electron chi connectivity index (χ4n) is 3.65. The van der Waals surface area contributed by atoms with Crippen molar-refractivity contribution in [1.29, 1.82) is 0 Å². The Balaban J connectivity index is 1.46. The molecule has 0 saturated carbocycles. The number of amides is 1. The third kappa shape index (κ3) is 2.83. The summed E-state index contributed by atoms with van der Waals surface area (Å²) in [6.07, 6.45) is 3.40. The summed E-state index contributed by atoms with van der Waals surface area (Å²) in [6, 6.07) is 16.8. The molecule has 3 heteroatoms. The van der Waals surface area contributed by atoms with Crippen LogP contribution in [0.3, 0.4) is 0 Å². The van der Waals surface area contributed by atoms with Gasteiger partial charge in [-0.25, -0.2) is 0 Å². The number of benzene rings is 2. The van der Waals surface area contributed by atoms with Gasteiger partial charge in [-0.1, -0.05) is 30.3 Å². The molecule has 118 valence electrons. The summed E-state index contributed by atoms with van der Waals surface area (Å²) in [6.45, 7) is 3.80. The number of anilines is 1. The number of likely N-dealkylation sites (tertiary alicyclic amines) is 1. The van der Waals surface area contributed by atoms with Gasteiger partial charge in [-0.3, -0.25) is 4.79 Å². The Morgan fingerprint density at radius 3 is 2.43 bits per heavy atom. The molecule has 0 bridgehead atoms. The summed E-state index contributed by atoms with van der Waals surface area (Å²) in [5, 5.41) is 0. The van der Waals surface area contributed by atoms with Crippen molar-refractivity contribution in [2.45, 2.75) is 25.8 Å². The molecule has 1 fully saturated rings. The number of nitrogens with zero attached hydrogens (tertiary/aromatic N) is 2. The van der Waals surface area contributed by atoms with E-state index < -0.39 is 0 Å². The van der Waals surface area contributed by atoms with Crippen LogP contribution in [-0.2, 0) is 13.0 Å². The van der Waals surface area contributed by atoms with Gasteiger partial charge in [0.2, 0.25) is 0 Å². The van der Waals surface area contributed by atoms with Gasteiger partial charge in [-0.05, 0) is 48.6 Å². The van der Waals surface area contributed by atoms with E-state index in [0.29, 0.717) is 0 Å². The summed E-state index contributed by atoms with van der Waals surface area (Å²) in [5.41, 5.74) is 4.87. The molecule has 4 rings (SSSR count). The summed E-state index contributed by atoms with van der Waals surface area (Å²) >= 11 is 0. The number of carbonyl (C=O) groups is 1.